The van der Waals surface area contributed by atoms with Gasteiger partial charge in [-0.3, -0.25) is 4.98 Å². The second kappa shape index (κ2) is 7.48. The normalized spacial score (nSPS) is 10.7. The summed E-state index contributed by atoms with van der Waals surface area (Å²) in [6, 6.07) is 14.2. The van der Waals surface area contributed by atoms with Gasteiger partial charge in [0.15, 0.2) is 5.82 Å². The summed E-state index contributed by atoms with van der Waals surface area (Å²) in [6.07, 6.45) is 2.89. The first-order valence-corrected chi connectivity index (χ1v) is 8.40. The maximum atomic E-state index is 14.3. The minimum Gasteiger partial charge on any atom is -0.497 e. The molecule has 0 aliphatic rings. The van der Waals surface area contributed by atoms with Gasteiger partial charge < -0.3 is 4.74 Å². The Hall–Kier alpha value is -3.74. The van der Waals surface area contributed by atoms with Gasteiger partial charge in [-0.05, 0) is 54.6 Å². The Labute approximate surface area is 159 Å². The molecule has 28 heavy (non-hydrogen) atoms. The average molecular weight is 376 g/mol. The summed E-state index contributed by atoms with van der Waals surface area (Å²) >= 11 is 0. The summed E-state index contributed by atoms with van der Waals surface area (Å²) in [6.45, 7) is 0. The molecule has 0 radical (unpaired) electrons. The van der Waals surface area contributed by atoms with Crippen molar-refractivity contribution < 1.29 is 13.5 Å². The molecule has 0 saturated heterocycles. The van der Waals surface area contributed by atoms with E-state index >= 15 is 0 Å². The molecular weight excluding hydrogens is 362 g/mol. The van der Waals surface area contributed by atoms with Crippen LogP contribution in [0.4, 0.5) is 8.78 Å². The van der Waals surface area contributed by atoms with Crippen molar-refractivity contribution in [1.29, 1.82) is 0 Å². The first-order chi connectivity index (χ1) is 13.7. The summed E-state index contributed by atoms with van der Waals surface area (Å²) in [5.74, 6) is -0.0412. The topological polar surface area (TPSA) is 60.8 Å². The van der Waals surface area contributed by atoms with Crippen molar-refractivity contribution in [2.45, 2.75) is 0 Å². The quantitative estimate of drug-likeness (QED) is 0.523. The molecule has 2 aromatic heterocycles. The van der Waals surface area contributed by atoms with Crippen molar-refractivity contribution >= 4 is 0 Å². The minimum atomic E-state index is -0.599. The van der Waals surface area contributed by atoms with Crippen molar-refractivity contribution in [3.63, 3.8) is 0 Å². The third-order valence-electron chi connectivity index (χ3n) is 4.18. The van der Waals surface area contributed by atoms with Crippen LogP contribution in [0.15, 0.2) is 67.0 Å². The van der Waals surface area contributed by atoms with Gasteiger partial charge in [0.25, 0.3) is 0 Å². The largest absolute Gasteiger partial charge is 0.497 e. The number of methoxy groups -OCH3 is 1. The van der Waals surface area contributed by atoms with Gasteiger partial charge in [-0.1, -0.05) is 0 Å². The van der Waals surface area contributed by atoms with Gasteiger partial charge >= 0.3 is 0 Å². The first kappa shape index (κ1) is 17.7. The van der Waals surface area contributed by atoms with E-state index in [1.54, 1.807) is 25.3 Å². The molecule has 7 heteroatoms. The lowest BCUT2D eigenvalue weighted by Crippen LogP contribution is -1.97. The monoisotopic (exact) mass is 376 g/mol. The number of hydrogen-bond acceptors (Lipinski definition) is 5. The molecule has 5 nitrogen and oxygen atoms in total. The van der Waals surface area contributed by atoms with Gasteiger partial charge in [-0.2, -0.15) is 5.10 Å². The Morgan fingerprint density at radius 2 is 1.68 bits per heavy atom. The highest BCUT2D eigenvalue weighted by molar-refractivity contribution is 5.71. The van der Waals surface area contributed by atoms with Crippen LogP contribution in [0.2, 0.25) is 0 Å². The fourth-order valence-electron chi connectivity index (χ4n) is 2.75. The zero-order valence-corrected chi connectivity index (χ0v) is 14.8. The van der Waals surface area contributed by atoms with Gasteiger partial charge in [0.1, 0.15) is 23.1 Å². The molecule has 2 aromatic carbocycles. The molecule has 0 aliphatic heterocycles. The van der Waals surface area contributed by atoms with E-state index in [4.69, 9.17) is 4.74 Å². The molecule has 0 amide bonds. The molecule has 0 N–H and O–H groups in total. The molecule has 0 aliphatic carbocycles. The van der Waals surface area contributed by atoms with E-state index in [2.05, 4.69) is 20.2 Å². The number of benzene rings is 2. The zero-order valence-electron chi connectivity index (χ0n) is 14.8. The number of pyridine rings is 1. The van der Waals surface area contributed by atoms with Crippen molar-refractivity contribution in [2.75, 3.05) is 7.11 Å². The lowest BCUT2D eigenvalue weighted by molar-refractivity contribution is 0.415. The lowest BCUT2D eigenvalue weighted by atomic mass is 10.0. The molecule has 138 valence electrons. The van der Waals surface area contributed by atoms with Gasteiger partial charge in [-0.15, -0.1) is 5.10 Å². The molecule has 0 fully saturated rings. The fraction of sp³-hybridized carbons (Fsp3) is 0.0476. The van der Waals surface area contributed by atoms with Crippen LogP contribution in [0.1, 0.15) is 0 Å². The Morgan fingerprint density at radius 3 is 2.43 bits per heavy atom. The van der Waals surface area contributed by atoms with Crippen LogP contribution in [-0.4, -0.2) is 27.3 Å². The zero-order chi connectivity index (χ0) is 19.5. The van der Waals surface area contributed by atoms with Gasteiger partial charge in [0.05, 0.1) is 19.0 Å². The summed E-state index contributed by atoms with van der Waals surface area (Å²) in [5.41, 5.74) is 1.82. The van der Waals surface area contributed by atoms with Crippen LogP contribution >= 0.6 is 0 Å². The number of nitrogens with zero attached hydrogens (tertiary/aromatic N) is 4. The average Bonchev–Trinajstić information content (AvgIpc) is 2.75. The first-order valence-electron chi connectivity index (χ1n) is 8.40. The molecule has 0 saturated carbocycles. The highest BCUT2D eigenvalue weighted by atomic mass is 19.1. The van der Waals surface area contributed by atoms with E-state index < -0.39 is 11.6 Å². The summed E-state index contributed by atoms with van der Waals surface area (Å²) in [7, 11) is 1.59. The van der Waals surface area contributed by atoms with E-state index in [0.717, 1.165) is 5.56 Å². The standard InChI is InChI=1S/C21H14F2N4O/c1-28-15-7-4-13(5-8-15)21-26-19(12-25-27-21)14-6-9-17(22)16(11-14)20-18(23)3-2-10-24-20/h2-12H,1H3. The van der Waals surface area contributed by atoms with E-state index in [1.807, 2.05) is 12.1 Å². The van der Waals surface area contributed by atoms with E-state index in [9.17, 15) is 8.78 Å². The number of aromatic nitrogens is 4. The number of hydrogen-bond donors (Lipinski definition) is 0. The lowest BCUT2D eigenvalue weighted by Gasteiger charge is -2.08. The van der Waals surface area contributed by atoms with Crippen LogP contribution in [0.5, 0.6) is 5.75 Å². The predicted octanol–water partition coefficient (Wildman–Crippen LogP) is 4.55. The molecule has 0 atom stereocenters. The van der Waals surface area contributed by atoms with Crippen LogP contribution in [-0.2, 0) is 0 Å². The van der Waals surface area contributed by atoms with Crippen LogP contribution in [0.25, 0.3) is 33.9 Å². The molecule has 4 aromatic rings. The molecular formula is C21H14F2N4O. The Morgan fingerprint density at radius 1 is 0.893 bits per heavy atom. The molecule has 0 spiro atoms. The highest BCUT2D eigenvalue weighted by Crippen LogP contribution is 2.29. The molecule has 2 heterocycles. The van der Waals surface area contributed by atoms with Gasteiger partial charge in [0.2, 0.25) is 0 Å². The van der Waals surface area contributed by atoms with E-state index in [1.165, 1.54) is 36.7 Å². The van der Waals surface area contributed by atoms with E-state index in [0.29, 0.717) is 22.8 Å². The SMILES string of the molecule is COc1ccc(-c2nncc(-c3ccc(F)c(-c4ncccc4F)c3)n2)cc1. The third-order valence-corrected chi connectivity index (χ3v) is 4.18. The van der Waals surface area contributed by atoms with Crippen LogP contribution in [0.3, 0.4) is 0 Å². The summed E-state index contributed by atoms with van der Waals surface area (Å²) in [5, 5.41) is 8.05. The fourth-order valence-corrected chi connectivity index (χ4v) is 2.75. The predicted molar refractivity (Wildman–Crippen MR) is 100 cm³/mol. The van der Waals surface area contributed by atoms with Crippen LogP contribution in [0, 0.1) is 11.6 Å². The molecule has 0 bridgehead atoms. The van der Waals surface area contributed by atoms with Crippen molar-refractivity contribution in [2.24, 2.45) is 0 Å². The summed E-state index contributed by atoms with van der Waals surface area (Å²) < 4.78 is 33.5. The van der Waals surface area contributed by atoms with Crippen molar-refractivity contribution in [3.8, 4) is 39.7 Å². The Kier molecular flexibility index (Phi) is 4.72. The van der Waals surface area contributed by atoms with Crippen molar-refractivity contribution in [3.05, 3.63) is 78.6 Å². The van der Waals surface area contributed by atoms with Gasteiger partial charge in [0, 0.05) is 22.9 Å². The van der Waals surface area contributed by atoms with Crippen molar-refractivity contribution in [1.82, 2.24) is 20.2 Å². The molecule has 4 rings (SSSR count). The van der Waals surface area contributed by atoms with Gasteiger partial charge in [-0.25, -0.2) is 13.8 Å². The number of halogens is 2. The third kappa shape index (κ3) is 3.42. The second-order valence-corrected chi connectivity index (χ2v) is 5.92. The Balaban J connectivity index is 1.75. The second-order valence-electron chi connectivity index (χ2n) is 5.92. The maximum Gasteiger partial charge on any atom is 0.182 e. The molecule has 0 unspecified atom stereocenters. The van der Waals surface area contributed by atoms with E-state index in [-0.39, 0.29) is 11.3 Å². The minimum absolute atomic E-state index is 0.0557. The maximum absolute atomic E-state index is 14.3. The smallest absolute Gasteiger partial charge is 0.182 e. The van der Waals surface area contributed by atoms with Crippen LogP contribution < -0.4 is 4.74 Å². The highest BCUT2D eigenvalue weighted by Gasteiger charge is 2.14. The Bertz CT molecular complexity index is 1130. The summed E-state index contributed by atoms with van der Waals surface area (Å²) in [4.78, 5) is 8.45. The number of rotatable bonds is 4. The number of ether oxygens (including phenoxy) is 1.